The first kappa shape index (κ1) is 20.6. The summed E-state index contributed by atoms with van der Waals surface area (Å²) >= 11 is 9.00. The number of hydrogen-bond donors (Lipinski definition) is 2. The van der Waals surface area contributed by atoms with Crippen molar-refractivity contribution in [3.05, 3.63) is 75.9 Å². The Bertz CT molecular complexity index is 932. The lowest BCUT2D eigenvalue weighted by Crippen LogP contribution is -2.19. The van der Waals surface area contributed by atoms with Gasteiger partial charge in [-0.3, -0.25) is 4.68 Å². The van der Waals surface area contributed by atoms with Crippen LogP contribution in [0, 0.1) is 6.92 Å². The number of anilines is 2. The molecule has 0 saturated heterocycles. The number of nitrogens with one attached hydrogen (secondary N) is 2. The van der Waals surface area contributed by atoms with Gasteiger partial charge < -0.3 is 10.6 Å². The zero-order valence-corrected chi connectivity index (χ0v) is 18.8. The molecule has 0 bridgehead atoms. The highest BCUT2D eigenvalue weighted by atomic mass is 79.9. The summed E-state index contributed by atoms with van der Waals surface area (Å²) in [6, 6.07) is 16.9. The molecule has 2 N–H and O–H groups in total. The van der Waals surface area contributed by atoms with Gasteiger partial charge in [-0.1, -0.05) is 55.8 Å². The van der Waals surface area contributed by atoms with Gasteiger partial charge in [0.2, 0.25) is 0 Å². The molecule has 0 fully saturated rings. The molecule has 1 unspecified atom stereocenters. The maximum Gasteiger partial charge on any atom is 0.176 e. The van der Waals surface area contributed by atoms with Crippen LogP contribution in [0.1, 0.15) is 42.9 Å². The Morgan fingerprint density at radius 3 is 2.43 bits per heavy atom. The van der Waals surface area contributed by atoms with E-state index in [4.69, 9.17) is 12.2 Å². The molecule has 0 aliphatic carbocycles. The van der Waals surface area contributed by atoms with Gasteiger partial charge in [-0.25, -0.2) is 0 Å². The molecule has 4 nitrogen and oxygen atoms in total. The van der Waals surface area contributed by atoms with Crippen LogP contribution in [0.25, 0.3) is 0 Å². The standard InChI is InChI=1S/C22H25BrN4S/c1-4-16(3)18-9-11-19(12-10-18)24-22(28)25-21-20(23)14-27(26-21)13-17-7-5-15(2)6-8-17/h5-12,14,16H,4,13H2,1-3H3,(H2,24,25,26,28). The van der Waals surface area contributed by atoms with Crippen LogP contribution in [0.15, 0.2) is 59.2 Å². The summed E-state index contributed by atoms with van der Waals surface area (Å²) in [7, 11) is 0. The third-order valence-corrected chi connectivity index (χ3v) is 5.55. The molecule has 0 aliphatic rings. The van der Waals surface area contributed by atoms with E-state index in [1.165, 1.54) is 16.7 Å². The molecule has 1 atom stereocenters. The number of aromatic nitrogens is 2. The number of hydrogen-bond acceptors (Lipinski definition) is 2. The maximum atomic E-state index is 5.45. The summed E-state index contributed by atoms with van der Waals surface area (Å²) in [5.74, 6) is 1.26. The molecule has 2 aromatic carbocycles. The largest absolute Gasteiger partial charge is 0.332 e. The highest BCUT2D eigenvalue weighted by Gasteiger charge is 2.09. The second kappa shape index (κ2) is 9.34. The third-order valence-electron chi connectivity index (χ3n) is 4.76. The molecule has 28 heavy (non-hydrogen) atoms. The van der Waals surface area contributed by atoms with E-state index in [2.05, 4.69) is 101 Å². The number of rotatable bonds is 6. The van der Waals surface area contributed by atoms with Crippen LogP contribution in [0.3, 0.4) is 0 Å². The van der Waals surface area contributed by atoms with Crippen molar-refractivity contribution in [2.45, 2.75) is 39.7 Å². The third kappa shape index (κ3) is 5.42. The van der Waals surface area contributed by atoms with E-state index in [9.17, 15) is 0 Å². The average molecular weight is 457 g/mol. The van der Waals surface area contributed by atoms with Crippen LogP contribution in [0.4, 0.5) is 11.5 Å². The zero-order chi connectivity index (χ0) is 20.1. The van der Waals surface area contributed by atoms with Crippen molar-refractivity contribution in [1.29, 1.82) is 0 Å². The fourth-order valence-corrected chi connectivity index (χ4v) is 3.47. The Hall–Kier alpha value is -2.18. The summed E-state index contributed by atoms with van der Waals surface area (Å²) in [4.78, 5) is 0. The van der Waals surface area contributed by atoms with E-state index in [-0.39, 0.29) is 0 Å². The Labute approximate surface area is 180 Å². The molecule has 3 aromatic rings. The van der Waals surface area contributed by atoms with Gasteiger partial charge in [-0.15, -0.1) is 0 Å². The summed E-state index contributed by atoms with van der Waals surface area (Å²) in [5.41, 5.74) is 4.75. The fourth-order valence-electron chi connectivity index (χ4n) is 2.84. The molecule has 146 valence electrons. The van der Waals surface area contributed by atoms with Crippen LogP contribution in [0.5, 0.6) is 0 Å². The molecule has 0 spiro atoms. The van der Waals surface area contributed by atoms with Gasteiger partial charge in [-0.05, 0) is 70.7 Å². The first-order valence-corrected chi connectivity index (χ1v) is 10.6. The molecule has 6 heteroatoms. The van der Waals surface area contributed by atoms with E-state index in [0.29, 0.717) is 23.4 Å². The van der Waals surface area contributed by atoms with Crippen LogP contribution in [-0.2, 0) is 6.54 Å². The predicted octanol–water partition coefficient (Wildman–Crippen LogP) is 6.32. The minimum absolute atomic E-state index is 0.512. The van der Waals surface area contributed by atoms with Crippen LogP contribution >= 0.6 is 28.1 Å². The van der Waals surface area contributed by atoms with Gasteiger partial charge >= 0.3 is 0 Å². The quantitative estimate of drug-likeness (QED) is 0.425. The van der Waals surface area contributed by atoms with E-state index in [0.717, 1.165) is 16.6 Å². The fraction of sp³-hybridized carbons (Fsp3) is 0.273. The second-order valence-electron chi connectivity index (χ2n) is 7.02. The number of benzene rings is 2. The molecule has 0 amide bonds. The van der Waals surface area contributed by atoms with Gasteiger partial charge in [0, 0.05) is 11.9 Å². The molecule has 3 rings (SSSR count). The summed E-state index contributed by atoms with van der Waals surface area (Å²) in [5, 5.41) is 11.5. The monoisotopic (exact) mass is 456 g/mol. The lowest BCUT2D eigenvalue weighted by molar-refractivity contribution is 0.689. The first-order chi connectivity index (χ1) is 13.4. The van der Waals surface area contributed by atoms with Gasteiger partial charge in [0.1, 0.15) is 0 Å². The Balaban J connectivity index is 1.61. The topological polar surface area (TPSA) is 41.9 Å². The summed E-state index contributed by atoms with van der Waals surface area (Å²) < 4.78 is 2.76. The molecule has 0 radical (unpaired) electrons. The van der Waals surface area contributed by atoms with Crippen molar-refractivity contribution < 1.29 is 0 Å². The van der Waals surface area contributed by atoms with E-state index >= 15 is 0 Å². The van der Waals surface area contributed by atoms with E-state index in [1.807, 2.05) is 10.9 Å². The molecular formula is C22H25BrN4S. The molecule has 1 heterocycles. The van der Waals surface area contributed by atoms with E-state index in [1.54, 1.807) is 0 Å². The van der Waals surface area contributed by atoms with Crippen molar-refractivity contribution in [2.24, 2.45) is 0 Å². The predicted molar refractivity (Wildman–Crippen MR) is 125 cm³/mol. The Kier molecular flexibility index (Phi) is 6.86. The van der Waals surface area contributed by atoms with Gasteiger partial charge in [0.25, 0.3) is 0 Å². The van der Waals surface area contributed by atoms with E-state index < -0.39 is 0 Å². The zero-order valence-electron chi connectivity index (χ0n) is 16.4. The SMILES string of the molecule is CCC(C)c1ccc(NC(=S)Nc2nn(Cc3ccc(C)cc3)cc2Br)cc1. The number of thiocarbonyl (C=S) groups is 1. The van der Waals surface area contributed by atoms with Crippen molar-refractivity contribution in [2.75, 3.05) is 10.6 Å². The molecule has 0 saturated carbocycles. The maximum absolute atomic E-state index is 5.45. The molecular weight excluding hydrogens is 432 g/mol. The molecule has 0 aliphatic heterocycles. The van der Waals surface area contributed by atoms with Crippen molar-refractivity contribution in [1.82, 2.24) is 9.78 Å². The number of halogens is 1. The van der Waals surface area contributed by atoms with Crippen LogP contribution in [0.2, 0.25) is 0 Å². The number of aryl methyl sites for hydroxylation is 1. The van der Waals surface area contributed by atoms with Gasteiger partial charge in [0.15, 0.2) is 10.9 Å². The minimum Gasteiger partial charge on any atom is -0.332 e. The van der Waals surface area contributed by atoms with Crippen molar-refractivity contribution >= 4 is 44.8 Å². The Morgan fingerprint density at radius 2 is 1.79 bits per heavy atom. The lowest BCUT2D eigenvalue weighted by atomic mass is 9.99. The highest BCUT2D eigenvalue weighted by molar-refractivity contribution is 9.10. The van der Waals surface area contributed by atoms with Gasteiger partial charge in [0.05, 0.1) is 11.0 Å². The number of nitrogens with zero attached hydrogens (tertiary/aromatic N) is 2. The molecule has 1 aromatic heterocycles. The second-order valence-corrected chi connectivity index (χ2v) is 8.28. The van der Waals surface area contributed by atoms with Gasteiger partial charge in [-0.2, -0.15) is 5.10 Å². The summed E-state index contributed by atoms with van der Waals surface area (Å²) in [6.45, 7) is 7.23. The first-order valence-electron chi connectivity index (χ1n) is 9.41. The highest BCUT2D eigenvalue weighted by Crippen LogP contribution is 2.23. The summed E-state index contributed by atoms with van der Waals surface area (Å²) in [6.07, 6.45) is 3.08. The smallest absolute Gasteiger partial charge is 0.176 e. The minimum atomic E-state index is 0.512. The lowest BCUT2D eigenvalue weighted by Gasteiger charge is -2.12. The van der Waals surface area contributed by atoms with Crippen LogP contribution < -0.4 is 10.6 Å². The normalized spacial score (nSPS) is 11.9. The van der Waals surface area contributed by atoms with Crippen LogP contribution in [-0.4, -0.2) is 14.9 Å². The average Bonchev–Trinajstić information content (AvgIpc) is 3.02. The Morgan fingerprint density at radius 1 is 1.11 bits per heavy atom. The van der Waals surface area contributed by atoms with Crippen molar-refractivity contribution in [3.63, 3.8) is 0 Å². The van der Waals surface area contributed by atoms with Crippen molar-refractivity contribution in [3.8, 4) is 0 Å².